The Morgan fingerprint density at radius 3 is 2.38 bits per heavy atom. The summed E-state index contributed by atoms with van der Waals surface area (Å²) >= 11 is 0. The molecule has 1 aliphatic carbocycles. The van der Waals surface area contributed by atoms with E-state index in [1.807, 2.05) is 6.92 Å². The number of hydrogen-bond acceptors (Lipinski definition) is 2. The van der Waals surface area contributed by atoms with Gasteiger partial charge in [-0.2, -0.15) is 13.2 Å². The zero-order valence-electron chi connectivity index (χ0n) is 9.63. The minimum Gasteiger partial charge on any atom is -0.392 e. The van der Waals surface area contributed by atoms with Crippen LogP contribution < -0.4 is 0 Å². The number of halogens is 3. The van der Waals surface area contributed by atoms with Gasteiger partial charge in [0.1, 0.15) is 0 Å². The molecule has 1 saturated carbocycles. The Bertz CT molecular complexity index is 204. The smallest absolute Gasteiger partial charge is 0.390 e. The summed E-state index contributed by atoms with van der Waals surface area (Å²) in [6, 6.07) is 0.253. The second-order valence-electron chi connectivity index (χ2n) is 4.51. The van der Waals surface area contributed by atoms with Crippen LogP contribution >= 0.6 is 0 Å². The molecule has 1 aliphatic rings. The van der Waals surface area contributed by atoms with Gasteiger partial charge in [0.05, 0.1) is 12.5 Å². The van der Waals surface area contributed by atoms with Crippen molar-refractivity contribution in [3.05, 3.63) is 0 Å². The van der Waals surface area contributed by atoms with Gasteiger partial charge >= 0.3 is 6.18 Å². The summed E-state index contributed by atoms with van der Waals surface area (Å²) < 4.78 is 36.4. The van der Waals surface area contributed by atoms with E-state index in [0.717, 1.165) is 19.3 Å². The molecule has 2 nitrogen and oxygen atoms in total. The van der Waals surface area contributed by atoms with Crippen LogP contribution in [0.2, 0.25) is 0 Å². The lowest BCUT2D eigenvalue weighted by atomic mass is 9.91. The number of alkyl halides is 3. The van der Waals surface area contributed by atoms with Crippen molar-refractivity contribution in [3.8, 4) is 0 Å². The number of aliphatic hydroxyl groups is 1. The van der Waals surface area contributed by atoms with Crippen molar-refractivity contribution in [3.63, 3.8) is 0 Å². The van der Waals surface area contributed by atoms with Gasteiger partial charge in [-0.25, -0.2) is 0 Å². The van der Waals surface area contributed by atoms with E-state index in [1.165, 1.54) is 0 Å². The Labute approximate surface area is 94.4 Å². The minimum absolute atomic E-state index is 0.0191. The summed E-state index contributed by atoms with van der Waals surface area (Å²) in [5.74, 6) is 0. The van der Waals surface area contributed by atoms with Crippen LogP contribution in [-0.2, 0) is 0 Å². The summed E-state index contributed by atoms with van der Waals surface area (Å²) in [4.78, 5) is 1.80. The molecule has 0 heterocycles. The second kappa shape index (κ2) is 5.87. The van der Waals surface area contributed by atoms with Gasteiger partial charge in [-0.3, -0.25) is 4.90 Å². The molecule has 16 heavy (non-hydrogen) atoms. The van der Waals surface area contributed by atoms with Gasteiger partial charge in [0.25, 0.3) is 0 Å². The summed E-state index contributed by atoms with van der Waals surface area (Å²) in [7, 11) is 0. The first kappa shape index (κ1) is 13.8. The fraction of sp³-hybridized carbons (Fsp3) is 1.00. The Balaban J connectivity index is 2.37. The van der Waals surface area contributed by atoms with E-state index in [2.05, 4.69) is 0 Å². The van der Waals surface area contributed by atoms with Gasteiger partial charge < -0.3 is 5.11 Å². The molecular weight excluding hydrogens is 219 g/mol. The van der Waals surface area contributed by atoms with Crippen LogP contribution in [0.5, 0.6) is 0 Å². The van der Waals surface area contributed by atoms with Crippen LogP contribution in [0.4, 0.5) is 13.2 Å². The molecule has 0 radical (unpaired) electrons. The largest absolute Gasteiger partial charge is 0.392 e. The highest BCUT2D eigenvalue weighted by Crippen LogP contribution is 2.27. The maximum Gasteiger partial charge on any atom is 0.390 e. The molecule has 0 saturated heterocycles. The van der Waals surface area contributed by atoms with Crippen molar-refractivity contribution < 1.29 is 18.3 Å². The molecule has 0 unspecified atom stereocenters. The molecule has 0 aromatic carbocycles. The lowest BCUT2D eigenvalue weighted by Gasteiger charge is -2.38. The maximum absolute atomic E-state index is 12.1. The molecule has 0 aromatic rings. The average Bonchev–Trinajstić information content (AvgIpc) is 2.09. The number of hydrogen-bond donors (Lipinski definition) is 1. The van der Waals surface area contributed by atoms with Gasteiger partial charge in [0, 0.05) is 19.1 Å². The molecule has 1 fully saturated rings. The van der Waals surface area contributed by atoms with Crippen molar-refractivity contribution in [1.82, 2.24) is 4.90 Å². The summed E-state index contributed by atoms with van der Waals surface area (Å²) in [5.41, 5.74) is 0. The highest BCUT2D eigenvalue weighted by Gasteiger charge is 2.32. The van der Waals surface area contributed by atoms with E-state index in [0.29, 0.717) is 13.0 Å². The maximum atomic E-state index is 12.1. The van der Waals surface area contributed by atoms with Crippen molar-refractivity contribution in [2.45, 2.75) is 57.3 Å². The standard InChI is InChI=1S/C11H20F3NO/c1-2-10(16)8-15(9-4-3-5-9)7-6-11(12,13)14/h9-10,16H,2-8H2,1H3/t10-/m1/s1. The molecule has 5 heteroatoms. The SMILES string of the molecule is CC[C@@H](O)CN(CCC(F)(F)F)C1CCC1. The highest BCUT2D eigenvalue weighted by atomic mass is 19.4. The van der Waals surface area contributed by atoms with Crippen LogP contribution in [-0.4, -0.2) is 41.4 Å². The lowest BCUT2D eigenvalue weighted by molar-refractivity contribution is -0.141. The average molecular weight is 239 g/mol. The topological polar surface area (TPSA) is 23.5 Å². The third kappa shape index (κ3) is 4.70. The molecule has 1 N–H and O–H groups in total. The zero-order valence-corrected chi connectivity index (χ0v) is 9.63. The van der Waals surface area contributed by atoms with Crippen LogP contribution in [0.25, 0.3) is 0 Å². The summed E-state index contributed by atoms with van der Waals surface area (Å²) in [6.07, 6.45) is -1.76. The predicted octanol–water partition coefficient (Wildman–Crippen LogP) is 2.56. The fourth-order valence-corrected chi connectivity index (χ4v) is 1.84. The number of rotatable bonds is 6. The van der Waals surface area contributed by atoms with Crippen molar-refractivity contribution in [2.75, 3.05) is 13.1 Å². The molecule has 1 rings (SSSR count). The fourth-order valence-electron chi connectivity index (χ4n) is 1.84. The Morgan fingerprint density at radius 2 is 2.00 bits per heavy atom. The second-order valence-corrected chi connectivity index (χ2v) is 4.51. The van der Waals surface area contributed by atoms with Crippen molar-refractivity contribution >= 4 is 0 Å². The van der Waals surface area contributed by atoms with Gasteiger partial charge in [0.15, 0.2) is 0 Å². The number of nitrogens with zero attached hydrogens (tertiary/aromatic N) is 1. The quantitative estimate of drug-likeness (QED) is 0.770. The molecule has 0 spiro atoms. The zero-order chi connectivity index (χ0) is 12.2. The minimum atomic E-state index is -4.10. The third-order valence-electron chi connectivity index (χ3n) is 3.19. The Hall–Kier alpha value is -0.290. The van der Waals surface area contributed by atoms with Crippen LogP contribution in [0.15, 0.2) is 0 Å². The van der Waals surface area contributed by atoms with E-state index in [4.69, 9.17) is 0 Å². The van der Waals surface area contributed by atoms with Gasteiger partial charge in [-0.1, -0.05) is 13.3 Å². The van der Waals surface area contributed by atoms with Gasteiger partial charge in [-0.05, 0) is 19.3 Å². The molecular formula is C11H20F3NO. The van der Waals surface area contributed by atoms with Crippen molar-refractivity contribution in [1.29, 1.82) is 0 Å². The molecule has 0 aliphatic heterocycles. The molecule has 0 aromatic heterocycles. The first-order valence-corrected chi connectivity index (χ1v) is 5.91. The van der Waals surface area contributed by atoms with E-state index in [-0.39, 0.29) is 12.6 Å². The van der Waals surface area contributed by atoms with Gasteiger partial charge in [-0.15, -0.1) is 0 Å². The lowest BCUT2D eigenvalue weighted by Crippen LogP contribution is -2.45. The number of aliphatic hydroxyl groups excluding tert-OH is 1. The predicted molar refractivity (Wildman–Crippen MR) is 56.2 cm³/mol. The normalized spacial score (nSPS) is 19.9. The van der Waals surface area contributed by atoms with E-state index < -0.39 is 18.7 Å². The third-order valence-corrected chi connectivity index (χ3v) is 3.19. The highest BCUT2D eigenvalue weighted by molar-refractivity contribution is 4.81. The first-order valence-electron chi connectivity index (χ1n) is 5.91. The summed E-state index contributed by atoms with van der Waals surface area (Å²) in [6.45, 7) is 2.23. The van der Waals surface area contributed by atoms with Crippen LogP contribution in [0.3, 0.4) is 0 Å². The van der Waals surface area contributed by atoms with Crippen LogP contribution in [0, 0.1) is 0 Å². The Morgan fingerprint density at radius 1 is 1.38 bits per heavy atom. The molecule has 0 amide bonds. The van der Waals surface area contributed by atoms with Crippen molar-refractivity contribution in [2.24, 2.45) is 0 Å². The summed E-state index contributed by atoms with van der Waals surface area (Å²) in [5, 5.41) is 9.50. The van der Waals surface area contributed by atoms with E-state index in [1.54, 1.807) is 4.90 Å². The van der Waals surface area contributed by atoms with E-state index in [9.17, 15) is 18.3 Å². The van der Waals surface area contributed by atoms with Gasteiger partial charge in [0.2, 0.25) is 0 Å². The van der Waals surface area contributed by atoms with Crippen LogP contribution in [0.1, 0.15) is 39.0 Å². The molecule has 96 valence electrons. The Kier molecular flexibility index (Phi) is 5.05. The first-order chi connectivity index (χ1) is 7.42. The molecule has 1 atom stereocenters. The van der Waals surface area contributed by atoms with E-state index >= 15 is 0 Å². The monoisotopic (exact) mass is 239 g/mol. The molecule has 0 bridgehead atoms.